The standard InChI is InChI=1S/C20H23F3N4O2/c1-14(15-3-2-6-24-12-15)25-13-19(28)26-17-11-16(20(21,22)23)4-5-18(17)27-7-9-29-10-8-27/h2-6,11-12,14,25H,7-10,13H2,1H3,(H,26,28). The first-order valence-corrected chi connectivity index (χ1v) is 9.31. The molecule has 1 aromatic heterocycles. The second-order valence-corrected chi connectivity index (χ2v) is 6.77. The van der Waals surface area contributed by atoms with Gasteiger partial charge in [-0.25, -0.2) is 0 Å². The van der Waals surface area contributed by atoms with Gasteiger partial charge in [0.2, 0.25) is 5.91 Å². The number of hydrogen-bond donors (Lipinski definition) is 2. The summed E-state index contributed by atoms with van der Waals surface area (Å²) in [6, 6.07) is 6.96. The zero-order valence-electron chi connectivity index (χ0n) is 16.0. The van der Waals surface area contributed by atoms with Crippen molar-refractivity contribution in [1.29, 1.82) is 0 Å². The number of ether oxygens (including phenoxy) is 1. The molecule has 0 saturated carbocycles. The van der Waals surface area contributed by atoms with Gasteiger partial charge in [-0.05, 0) is 36.8 Å². The zero-order valence-corrected chi connectivity index (χ0v) is 16.0. The summed E-state index contributed by atoms with van der Waals surface area (Å²) >= 11 is 0. The van der Waals surface area contributed by atoms with E-state index in [0.29, 0.717) is 32.0 Å². The number of carbonyl (C=O) groups excluding carboxylic acids is 1. The number of nitrogens with one attached hydrogen (secondary N) is 2. The van der Waals surface area contributed by atoms with Crippen LogP contribution in [-0.2, 0) is 15.7 Å². The Balaban J connectivity index is 1.72. The summed E-state index contributed by atoms with van der Waals surface area (Å²) in [5, 5.41) is 5.68. The van der Waals surface area contributed by atoms with Crippen LogP contribution < -0.4 is 15.5 Å². The van der Waals surface area contributed by atoms with Gasteiger partial charge in [0.1, 0.15) is 0 Å². The summed E-state index contributed by atoms with van der Waals surface area (Å²) in [5.74, 6) is -0.422. The molecule has 29 heavy (non-hydrogen) atoms. The van der Waals surface area contributed by atoms with E-state index in [1.54, 1.807) is 18.5 Å². The summed E-state index contributed by atoms with van der Waals surface area (Å²) in [5.41, 5.74) is 0.799. The molecule has 2 N–H and O–H groups in total. The number of amides is 1. The summed E-state index contributed by atoms with van der Waals surface area (Å²) in [6.45, 7) is 3.90. The second kappa shape index (κ2) is 9.23. The Morgan fingerprint density at radius 3 is 2.69 bits per heavy atom. The van der Waals surface area contributed by atoms with Gasteiger partial charge in [0, 0.05) is 31.5 Å². The molecule has 1 aliphatic rings. The molecular formula is C20H23F3N4O2. The van der Waals surface area contributed by atoms with E-state index in [2.05, 4.69) is 15.6 Å². The fraction of sp³-hybridized carbons (Fsp3) is 0.400. The number of rotatable bonds is 6. The fourth-order valence-corrected chi connectivity index (χ4v) is 3.08. The van der Waals surface area contributed by atoms with Crippen molar-refractivity contribution < 1.29 is 22.7 Å². The van der Waals surface area contributed by atoms with E-state index in [0.717, 1.165) is 17.7 Å². The number of nitrogens with zero attached hydrogens (tertiary/aromatic N) is 2. The Labute approximate surface area is 167 Å². The lowest BCUT2D eigenvalue weighted by atomic mass is 10.1. The zero-order chi connectivity index (χ0) is 20.9. The number of benzene rings is 1. The van der Waals surface area contributed by atoms with Crippen LogP contribution in [0.5, 0.6) is 0 Å². The number of aromatic nitrogens is 1. The molecule has 156 valence electrons. The molecule has 0 aliphatic carbocycles. The molecule has 0 bridgehead atoms. The van der Waals surface area contributed by atoms with Gasteiger partial charge in [-0.2, -0.15) is 13.2 Å². The maximum atomic E-state index is 13.2. The molecule has 2 heterocycles. The minimum Gasteiger partial charge on any atom is -0.378 e. The highest BCUT2D eigenvalue weighted by molar-refractivity contribution is 5.95. The Morgan fingerprint density at radius 1 is 1.28 bits per heavy atom. The third kappa shape index (κ3) is 5.68. The third-order valence-corrected chi connectivity index (χ3v) is 4.70. The lowest BCUT2D eigenvalue weighted by Crippen LogP contribution is -2.37. The molecular weight excluding hydrogens is 385 g/mol. The first kappa shape index (κ1) is 21.1. The maximum absolute atomic E-state index is 13.2. The SMILES string of the molecule is CC(NCC(=O)Nc1cc(C(F)(F)F)ccc1N1CCOCC1)c1cccnc1. The van der Waals surface area contributed by atoms with Crippen LogP contribution in [0.4, 0.5) is 24.5 Å². The summed E-state index contributed by atoms with van der Waals surface area (Å²) in [4.78, 5) is 18.4. The molecule has 0 spiro atoms. The highest BCUT2D eigenvalue weighted by Crippen LogP contribution is 2.35. The van der Waals surface area contributed by atoms with E-state index in [1.165, 1.54) is 6.07 Å². The van der Waals surface area contributed by atoms with E-state index >= 15 is 0 Å². The van der Waals surface area contributed by atoms with Crippen molar-refractivity contribution in [2.45, 2.75) is 19.1 Å². The predicted octanol–water partition coefficient (Wildman–Crippen LogP) is 3.23. The molecule has 1 unspecified atom stereocenters. The molecule has 9 heteroatoms. The topological polar surface area (TPSA) is 66.5 Å². The molecule has 0 radical (unpaired) electrons. The van der Waals surface area contributed by atoms with Crippen LogP contribution in [0.1, 0.15) is 24.1 Å². The maximum Gasteiger partial charge on any atom is 0.416 e. The molecule has 1 saturated heterocycles. The van der Waals surface area contributed by atoms with Crippen LogP contribution in [0.15, 0.2) is 42.7 Å². The Bertz CT molecular complexity index is 824. The minimum absolute atomic E-state index is 0.0468. The number of hydrogen-bond acceptors (Lipinski definition) is 5. The van der Waals surface area contributed by atoms with E-state index < -0.39 is 17.6 Å². The van der Waals surface area contributed by atoms with Crippen molar-refractivity contribution in [3.05, 3.63) is 53.9 Å². The van der Waals surface area contributed by atoms with Crippen LogP contribution in [0.2, 0.25) is 0 Å². The first-order chi connectivity index (χ1) is 13.8. The molecule has 2 aromatic rings. The summed E-state index contributed by atoms with van der Waals surface area (Å²) in [6.07, 6.45) is -1.14. The quantitative estimate of drug-likeness (QED) is 0.768. The normalized spacial score (nSPS) is 15.8. The molecule has 1 fully saturated rings. The van der Waals surface area contributed by atoms with Crippen molar-refractivity contribution in [1.82, 2.24) is 10.3 Å². The largest absolute Gasteiger partial charge is 0.416 e. The minimum atomic E-state index is -4.49. The van der Waals surface area contributed by atoms with E-state index in [9.17, 15) is 18.0 Å². The van der Waals surface area contributed by atoms with Crippen LogP contribution >= 0.6 is 0 Å². The van der Waals surface area contributed by atoms with Gasteiger partial charge < -0.3 is 20.3 Å². The van der Waals surface area contributed by atoms with Crippen LogP contribution in [0, 0.1) is 0 Å². The average Bonchev–Trinajstić information content (AvgIpc) is 2.72. The molecule has 1 amide bonds. The second-order valence-electron chi connectivity index (χ2n) is 6.77. The van der Waals surface area contributed by atoms with Gasteiger partial charge in [-0.1, -0.05) is 6.07 Å². The van der Waals surface area contributed by atoms with Gasteiger partial charge in [-0.15, -0.1) is 0 Å². The van der Waals surface area contributed by atoms with Gasteiger partial charge >= 0.3 is 6.18 Å². The van der Waals surface area contributed by atoms with E-state index in [-0.39, 0.29) is 18.3 Å². The molecule has 1 aliphatic heterocycles. The Kier molecular flexibility index (Phi) is 6.71. The van der Waals surface area contributed by atoms with Gasteiger partial charge in [0.15, 0.2) is 0 Å². The monoisotopic (exact) mass is 408 g/mol. The fourth-order valence-electron chi connectivity index (χ4n) is 3.08. The van der Waals surface area contributed by atoms with E-state index in [4.69, 9.17) is 4.74 Å². The van der Waals surface area contributed by atoms with Crippen LogP contribution in [0.25, 0.3) is 0 Å². The highest BCUT2D eigenvalue weighted by Gasteiger charge is 2.32. The Morgan fingerprint density at radius 2 is 2.03 bits per heavy atom. The Hall–Kier alpha value is -2.65. The highest BCUT2D eigenvalue weighted by atomic mass is 19.4. The van der Waals surface area contributed by atoms with Crippen molar-refractivity contribution in [2.75, 3.05) is 43.1 Å². The lowest BCUT2D eigenvalue weighted by molar-refractivity contribution is -0.137. The van der Waals surface area contributed by atoms with Crippen molar-refractivity contribution in [3.8, 4) is 0 Å². The summed E-state index contributed by atoms with van der Waals surface area (Å²) in [7, 11) is 0. The van der Waals surface area contributed by atoms with Gasteiger partial charge in [0.25, 0.3) is 0 Å². The number of carbonyl (C=O) groups is 1. The smallest absolute Gasteiger partial charge is 0.378 e. The lowest BCUT2D eigenvalue weighted by Gasteiger charge is -2.31. The predicted molar refractivity (Wildman–Crippen MR) is 104 cm³/mol. The van der Waals surface area contributed by atoms with Gasteiger partial charge in [0.05, 0.1) is 36.7 Å². The van der Waals surface area contributed by atoms with Crippen molar-refractivity contribution in [3.63, 3.8) is 0 Å². The van der Waals surface area contributed by atoms with Crippen molar-refractivity contribution >= 4 is 17.3 Å². The van der Waals surface area contributed by atoms with Crippen LogP contribution in [-0.4, -0.2) is 43.7 Å². The number of alkyl halides is 3. The average molecular weight is 408 g/mol. The van der Waals surface area contributed by atoms with Gasteiger partial charge in [-0.3, -0.25) is 9.78 Å². The number of morpholine rings is 1. The number of anilines is 2. The summed E-state index contributed by atoms with van der Waals surface area (Å²) < 4.78 is 44.8. The van der Waals surface area contributed by atoms with Crippen molar-refractivity contribution in [2.24, 2.45) is 0 Å². The number of pyridine rings is 1. The van der Waals surface area contributed by atoms with E-state index in [1.807, 2.05) is 17.9 Å². The first-order valence-electron chi connectivity index (χ1n) is 9.31. The molecule has 3 rings (SSSR count). The third-order valence-electron chi connectivity index (χ3n) is 4.70. The molecule has 1 aromatic carbocycles. The molecule has 1 atom stereocenters. The number of halogens is 3. The van der Waals surface area contributed by atoms with Crippen LogP contribution in [0.3, 0.4) is 0 Å². The molecule has 6 nitrogen and oxygen atoms in total.